The smallest absolute Gasteiger partial charge is 0.0488 e. The van der Waals surface area contributed by atoms with Gasteiger partial charge in [-0.2, -0.15) is 0 Å². The Morgan fingerprint density at radius 3 is 1.40 bits per heavy atom. The van der Waals surface area contributed by atoms with Crippen LogP contribution in [0.5, 0.6) is 0 Å². The third-order valence-corrected chi connectivity index (χ3v) is 16.2. The van der Waals surface area contributed by atoms with E-state index in [2.05, 4.69) is 285 Å². The van der Waals surface area contributed by atoms with Gasteiger partial charge >= 0.3 is 0 Å². The van der Waals surface area contributed by atoms with Crippen molar-refractivity contribution in [3.63, 3.8) is 0 Å². The minimum absolute atomic E-state index is 0.249. The van der Waals surface area contributed by atoms with Crippen molar-refractivity contribution in [1.29, 1.82) is 0 Å². The second-order valence-electron chi connectivity index (χ2n) is 21.1. The first-order valence-corrected chi connectivity index (χ1v) is 26.9. The molecule has 2 heteroatoms. The second kappa shape index (κ2) is 19.6. The number of anilines is 6. The maximum Gasteiger partial charge on any atom is 0.0488 e. The van der Waals surface area contributed by atoms with Crippen molar-refractivity contribution >= 4 is 44.9 Å². The first-order chi connectivity index (χ1) is 37.0. The molecule has 0 aromatic heterocycles. The molecule has 0 radical (unpaired) electrons. The van der Waals surface area contributed by atoms with Gasteiger partial charge in [-0.05, 0) is 169 Å². The van der Waals surface area contributed by atoms with Crippen molar-refractivity contribution in [3.05, 3.63) is 278 Å². The van der Waals surface area contributed by atoms with Crippen LogP contribution < -0.4 is 9.80 Å². The molecule has 13 rings (SSSR count). The van der Waals surface area contributed by atoms with E-state index in [0.29, 0.717) is 5.92 Å². The Hall–Kier alpha value is -8.72. The maximum atomic E-state index is 2.51. The molecule has 2 nitrogen and oxygen atoms in total. The number of benzene rings is 11. The van der Waals surface area contributed by atoms with Crippen molar-refractivity contribution in [3.8, 4) is 55.6 Å². The van der Waals surface area contributed by atoms with Crippen molar-refractivity contribution in [1.82, 2.24) is 0 Å². The average molecular weight is 965 g/mol. The predicted octanol–water partition coefficient (Wildman–Crippen LogP) is 20.8. The van der Waals surface area contributed by atoms with E-state index in [1.807, 2.05) is 0 Å². The van der Waals surface area contributed by atoms with Crippen LogP contribution in [0.15, 0.2) is 261 Å². The molecule has 2 aliphatic rings. The van der Waals surface area contributed by atoms with Crippen LogP contribution in [-0.2, 0) is 5.41 Å². The standard InChI is InChI=1S/C73H60N2/c1-73(2)69-37-21-36-67(56-29-14-6-15-30-56)72(69)68-45-44-62(50-70(68)73)75(61-43-40-52-24-18-19-31-57(52)46-61)64-48-58(71-65(54-25-10-4-11-26-54)34-20-35-66(71)55-27-12-5-13-28-55)47-63(49-64)74(59-32-16-7-17-33-59)60-41-38-53(39-42-60)51-22-8-3-9-23-51/h4-7,10-21,24-51H,3,8-9,22-23H2,1-2H3. The van der Waals surface area contributed by atoms with Gasteiger partial charge in [-0.25, -0.2) is 0 Å². The van der Waals surface area contributed by atoms with Crippen molar-refractivity contribution in [2.45, 2.75) is 57.3 Å². The quantitative estimate of drug-likeness (QED) is 0.127. The minimum atomic E-state index is -0.249. The molecule has 2 aliphatic carbocycles. The number of para-hydroxylation sites is 1. The predicted molar refractivity (Wildman–Crippen MR) is 318 cm³/mol. The van der Waals surface area contributed by atoms with Crippen LogP contribution in [-0.4, -0.2) is 0 Å². The molecule has 0 atom stereocenters. The van der Waals surface area contributed by atoms with Gasteiger partial charge in [0.05, 0.1) is 0 Å². The van der Waals surface area contributed by atoms with Crippen molar-refractivity contribution in [2.24, 2.45) is 0 Å². The Bertz CT molecular complexity index is 3760. The Morgan fingerprint density at radius 1 is 0.307 bits per heavy atom. The Balaban J connectivity index is 1.08. The lowest BCUT2D eigenvalue weighted by Crippen LogP contribution is -2.17. The Labute approximate surface area is 442 Å². The van der Waals surface area contributed by atoms with Crippen LogP contribution in [0.2, 0.25) is 0 Å². The zero-order chi connectivity index (χ0) is 50.3. The van der Waals surface area contributed by atoms with Gasteiger partial charge in [-0.1, -0.05) is 227 Å². The molecule has 0 bridgehead atoms. The van der Waals surface area contributed by atoms with E-state index < -0.39 is 0 Å². The normalized spacial score (nSPS) is 13.8. The van der Waals surface area contributed by atoms with Crippen LogP contribution in [0, 0.1) is 0 Å². The van der Waals surface area contributed by atoms with Crippen LogP contribution in [0.1, 0.15) is 68.6 Å². The molecule has 0 heterocycles. The number of hydrogen-bond acceptors (Lipinski definition) is 2. The largest absolute Gasteiger partial charge is 0.310 e. The number of rotatable bonds is 11. The lowest BCUT2D eigenvalue weighted by molar-refractivity contribution is 0.443. The van der Waals surface area contributed by atoms with Crippen molar-refractivity contribution in [2.75, 3.05) is 9.80 Å². The van der Waals surface area contributed by atoms with Crippen LogP contribution in [0.3, 0.4) is 0 Å². The van der Waals surface area contributed by atoms with E-state index in [4.69, 9.17) is 0 Å². The molecule has 0 amide bonds. The molecule has 0 unspecified atom stereocenters. The van der Waals surface area contributed by atoms with Crippen LogP contribution in [0.4, 0.5) is 34.1 Å². The maximum absolute atomic E-state index is 2.51. The van der Waals surface area contributed by atoms with E-state index in [-0.39, 0.29) is 5.41 Å². The number of fused-ring (bicyclic) bond motifs is 4. The van der Waals surface area contributed by atoms with E-state index in [1.54, 1.807) is 0 Å². The first-order valence-electron chi connectivity index (χ1n) is 26.9. The summed E-state index contributed by atoms with van der Waals surface area (Å²) in [6.45, 7) is 4.80. The highest BCUT2D eigenvalue weighted by Crippen LogP contribution is 2.55. The van der Waals surface area contributed by atoms with E-state index in [1.165, 1.54) is 110 Å². The zero-order valence-electron chi connectivity index (χ0n) is 42.8. The molecule has 0 aliphatic heterocycles. The zero-order valence-corrected chi connectivity index (χ0v) is 42.8. The average Bonchev–Trinajstić information content (AvgIpc) is 3.78. The fraction of sp³-hybridized carbons (Fsp3) is 0.123. The van der Waals surface area contributed by atoms with Gasteiger partial charge in [0.15, 0.2) is 0 Å². The molecular formula is C73H60N2. The Morgan fingerprint density at radius 2 is 0.787 bits per heavy atom. The third kappa shape index (κ3) is 8.61. The summed E-state index contributed by atoms with van der Waals surface area (Å²) >= 11 is 0. The SMILES string of the molecule is CC1(C)c2cc(N(c3cc(-c4c(-c5ccccc5)cccc4-c4ccccc4)cc(N(c4ccccc4)c4ccc(C5CCCCC5)cc4)c3)c3ccc4ccccc4c3)ccc2-c2c(-c3ccccc3)cccc21. The summed E-state index contributed by atoms with van der Waals surface area (Å²) in [7, 11) is 0. The summed E-state index contributed by atoms with van der Waals surface area (Å²) in [6, 6.07) is 97.1. The fourth-order valence-corrected chi connectivity index (χ4v) is 12.5. The second-order valence-corrected chi connectivity index (χ2v) is 21.1. The molecular weight excluding hydrogens is 905 g/mol. The number of nitrogens with zero attached hydrogens (tertiary/aromatic N) is 2. The summed E-state index contributed by atoms with van der Waals surface area (Å²) in [5, 5.41) is 2.41. The molecule has 0 saturated heterocycles. The van der Waals surface area contributed by atoms with Gasteiger partial charge in [0.1, 0.15) is 0 Å². The van der Waals surface area contributed by atoms with Crippen molar-refractivity contribution < 1.29 is 0 Å². The Kier molecular flexibility index (Phi) is 12.1. The van der Waals surface area contributed by atoms with Gasteiger partial charge in [0.2, 0.25) is 0 Å². The molecule has 11 aromatic rings. The lowest BCUT2D eigenvalue weighted by atomic mass is 9.81. The monoisotopic (exact) mass is 964 g/mol. The molecule has 1 fully saturated rings. The van der Waals surface area contributed by atoms with Crippen LogP contribution >= 0.6 is 0 Å². The van der Waals surface area contributed by atoms with Gasteiger partial charge in [-0.3, -0.25) is 0 Å². The van der Waals surface area contributed by atoms with Gasteiger partial charge in [0, 0.05) is 39.5 Å². The summed E-state index contributed by atoms with van der Waals surface area (Å²) < 4.78 is 0. The van der Waals surface area contributed by atoms with E-state index in [9.17, 15) is 0 Å². The van der Waals surface area contributed by atoms with E-state index in [0.717, 1.165) is 39.7 Å². The fourth-order valence-electron chi connectivity index (χ4n) is 12.5. The summed E-state index contributed by atoms with van der Waals surface area (Å²) in [4.78, 5) is 4.98. The van der Waals surface area contributed by atoms with Gasteiger partial charge in [0.25, 0.3) is 0 Å². The van der Waals surface area contributed by atoms with Gasteiger partial charge in [-0.15, -0.1) is 0 Å². The lowest BCUT2D eigenvalue weighted by Gasteiger charge is -2.32. The molecule has 11 aromatic carbocycles. The molecule has 1 saturated carbocycles. The minimum Gasteiger partial charge on any atom is -0.310 e. The van der Waals surface area contributed by atoms with Crippen LogP contribution in [0.25, 0.3) is 66.4 Å². The molecule has 0 spiro atoms. The first kappa shape index (κ1) is 46.1. The topological polar surface area (TPSA) is 6.48 Å². The number of hydrogen-bond donors (Lipinski definition) is 0. The summed E-state index contributed by atoms with van der Waals surface area (Å²) in [6.07, 6.45) is 6.50. The highest BCUT2D eigenvalue weighted by Gasteiger charge is 2.38. The summed E-state index contributed by atoms with van der Waals surface area (Å²) in [5.41, 5.74) is 22.7. The highest BCUT2D eigenvalue weighted by atomic mass is 15.2. The molecule has 75 heavy (non-hydrogen) atoms. The molecule has 0 N–H and O–H groups in total. The van der Waals surface area contributed by atoms with E-state index >= 15 is 0 Å². The highest BCUT2D eigenvalue weighted by molar-refractivity contribution is 6.00. The van der Waals surface area contributed by atoms with Gasteiger partial charge < -0.3 is 9.80 Å². The molecule has 362 valence electrons. The summed E-state index contributed by atoms with van der Waals surface area (Å²) in [5.74, 6) is 0.615. The third-order valence-electron chi connectivity index (χ3n) is 16.2.